The minimum atomic E-state index is -0.0781. The summed E-state index contributed by atoms with van der Waals surface area (Å²) >= 11 is 6.25. The molecule has 4 nitrogen and oxygen atoms in total. The third-order valence-electron chi connectivity index (χ3n) is 4.00. The maximum Gasteiger partial charge on any atom is 0.298 e. The highest BCUT2D eigenvalue weighted by molar-refractivity contribution is 6.34. The molecule has 1 aliphatic rings. The molecule has 6 heteroatoms. The smallest absolute Gasteiger partial charge is 0.298 e. The Hall–Kier alpha value is -1.04. The zero-order valence-corrected chi connectivity index (χ0v) is 13.6. The fraction of sp³-hybridized carbons (Fsp3) is 0.562. The van der Waals surface area contributed by atoms with Crippen LogP contribution in [0.2, 0.25) is 5.02 Å². The van der Waals surface area contributed by atoms with Gasteiger partial charge in [0.05, 0.1) is 17.3 Å². The van der Waals surface area contributed by atoms with E-state index in [9.17, 15) is 4.79 Å². The molecular weight excluding hydrogens is 298 g/mol. The zero-order chi connectivity index (χ0) is 15.8. The molecule has 1 radical (unpaired) electrons. The van der Waals surface area contributed by atoms with Crippen LogP contribution in [0.3, 0.4) is 0 Å². The summed E-state index contributed by atoms with van der Waals surface area (Å²) in [5.41, 5.74) is 6.78. The lowest BCUT2D eigenvalue weighted by atomic mass is 9.89. The highest BCUT2D eigenvalue weighted by Crippen LogP contribution is 2.21. The monoisotopic (exact) mass is 321 g/mol. The first-order valence-electron chi connectivity index (χ1n) is 7.93. The Morgan fingerprint density at radius 2 is 2.05 bits per heavy atom. The molecule has 1 aliphatic carbocycles. The number of nitrogens with one attached hydrogen (secondary N) is 1. The number of hydrogen-bond donors (Lipinski definition) is 2. The Morgan fingerprint density at radius 1 is 1.32 bits per heavy atom. The van der Waals surface area contributed by atoms with Gasteiger partial charge in [-0.25, -0.2) is 0 Å². The van der Waals surface area contributed by atoms with Crippen molar-refractivity contribution in [3.05, 3.63) is 34.3 Å². The number of carbonyl (C=O) groups is 1. The molecule has 0 heterocycles. The third-order valence-corrected chi connectivity index (χ3v) is 4.31. The van der Waals surface area contributed by atoms with Crippen molar-refractivity contribution in [2.45, 2.75) is 50.9 Å². The van der Waals surface area contributed by atoms with Crippen molar-refractivity contribution in [2.75, 3.05) is 6.73 Å². The van der Waals surface area contributed by atoms with Gasteiger partial charge in [0, 0.05) is 6.04 Å². The first-order chi connectivity index (χ1) is 10.7. The Labute approximate surface area is 138 Å². The van der Waals surface area contributed by atoms with E-state index in [1.165, 1.54) is 25.7 Å². The zero-order valence-electron chi connectivity index (χ0n) is 12.8. The summed E-state index contributed by atoms with van der Waals surface area (Å²) in [6.45, 7) is 0.162. The van der Waals surface area contributed by atoms with Gasteiger partial charge in [-0.05, 0) is 31.3 Å². The Balaban J connectivity index is 1.94. The lowest BCUT2D eigenvalue weighted by Gasteiger charge is -2.17. The van der Waals surface area contributed by atoms with E-state index in [4.69, 9.17) is 22.0 Å². The number of hydrogen-bond acceptors (Lipinski definition) is 3. The van der Waals surface area contributed by atoms with Crippen LogP contribution in [0.1, 0.15) is 54.4 Å². The van der Waals surface area contributed by atoms with Gasteiger partial charge in [0.2, 0.25) is 0 Å². The molecular formula is C16H23BClN2O2. The van der Waals surface area contributed by atoms with Crippen molar-refractivity contribution in [1.29, 1.82) is 0 Å². The maximum absolute atomic E-state index is 12.4. The Morgan fingerprint density at radius 3 is 2.68 bits per heavy atom. The van der Waals surface area contributed by atoms with Crippen molar-refractivity contribution in [2.24, 2.45) is 5.73 Å². The molecule has 119 valence electrons. The second-order valence-corrected chi connectivity index (χ2v) is 6.09. The molecule has 1 amide bonds. The number of carbonyl (C=O) groups excluding carboxylic acids is 1. The molecule has 0 aliphatic heterocycles. The van der Waals surface area contributed by atoms with E-state index in [1.807, 2.05) is 6.07 Å². The third kappa shape index (κ3) is 5.31. The molecule has 1 aromatic carbocycles. The van der Waals surface area contributed by atoms with E-state index in [-0.39, 0.29) is 18.7 Å². The van der Waals surface area contributed by atoms with Crippen LogP contribution in [0.5, 0.6) is 0 Å². The standard InChI is InChI=1S/C16H23BClN2O2/c18-15-9-12(10-17-22-11-19)7-8-14(15)16(21)20-13-5-3-1-2-4-6-13/h7-9,13H,1-6,10-11,19H2,(H,20,21). The molecule has 0 saturated heterocycles. The summed E-state index contributed by atoms with van der Waals surface area (Å²) in [4.78, 5) is 12.4. The SMILES string of the molecule is NCO[B]Cc1ccc(C(=O)NC2CCCCCC2)c(Cl)c1. The van der Waals surface area contributed by atoms with Gasteiger partial charge in [-0.15, -0.1) is 0 Å². The van der Waals surface area contributed by atoms with Crippen LogP contribution < -0.4 is 11.1 Å². The van der Waals surface area contributed by atoms with E-state index in [2.05, 4.69) is 5.32 Å². The van der Waals surface area contributed by atoms with Gasteiger partial charge in [-0.1, -0.05) is 48.9 Å². The van der Waals surface area contributed by atoms with Gasteiger partial charge >= 0.3 is 0 Å². The second kappa shape index (κ2) is 9.18. The summed E-state index contributed by atoms with van der Waals surface area (Å²) in [6.07, 6.45) is 7.65. The van der Waals surface area contributed by atoms with Crippen LogP contribution in [-0.2, 0) is 11.0 Å². The van der Waals surface area contributed by atoms with Crippen LogP contribution in [0.15, 0.2) is 18.2 Å². The normalized spacial score (nSPS) is 16.1. The van der Waals surface area contributed by atoms with Crippen molar-refractivity contribution < 1.29 is 9.45 Å². The van der Waals surface area contributed by atoms with Crippen molar-refractivity contribution in [1.82, 2.24) is 5.32 Å². The summed E-state index contributed by atoms with van der Waals surface area (Å²) < 4.78 is 5.00. The van der Waals surface area contributed by atoms with E-state index in [0.29, 0.717) is 16.9 Å². The first-order valence-corrected chi connectivity index (χ1v) is 8.31. The average Bonchev–Trinajstić information content (AvgIpc) is 2.76. The largest absolute Gasteiger partial charge is 0.428 e. The Bertz CT molecular complexity index is 491. The summed E-state index contributed by atoms with van der Waals surface area (Å²) in [7, 11) is 1.64. The molecule has 22 heavy (non-hydrogen) atoms. The number of amides is 1. The lowest BCUT2D eigenvalue weighted by Crippen LogP contribution is -2.34. The van der Waals surface area contributed by atoms with Crippen LogP contribution in [-0.4, -0.2) is 26.2 Å². The van der Waals surface area contributed by atoms with Crippen molar-refractivity contribution >= 4 is 25.0 Å². The van der Waals surface area contributed by atoms with E-state index in [0.717, 1.165) is 18.4 Å². The van der Waals surface area contributed by atoms with Gasteiger partial charge in [-0.2, -0.15) is 0 Å². The predicted molar refractivity (Wildman–Crippen MR) is 90.0 cm³/mol. The predicted octanol–water partition coefficient (Wildman–Crippen LogP) is 2.84. The molecule has 0 bridgehead atoms. The minimum Gasteiger partial charge on any atom is -0.428 e. The fourth-order valence-corrected chi connectivity index (χ4v) is 3.07. The van der Waals surface area contributed by atoms with E-state index >= 15 is 0 Å². The van der Waals surface area contributed by atoms with Crippen LogP contribution in [0, 0.1) is 0 Å². The number of benzene rings is 1. The summed E-state index contributed by atoms with van der Waals surface area (Å²) in [6, 6.07) is 5.75. The second-order valence-electron chi connectivity index (χ2n) is 5.68. The van der Waals surface area contributed by atoms with Gasteiger partial charge in [0.15, 0.2) is 0 Å². The number of halogens is 1. The molecule has 0 spiro atoms. The topological polar surface area (TPSA) is 64.3 Å². The van der Waals surface area contributed by atoms with Crippen molar-refractivity contribution in [3.63, 3.8) is 0 Å². The molecule has 0 unspecified atom stereocenters. The van der Waals surface area contributed by atoms with Gasteiger partial charge in [-0.3, -0.25) is 4.79 Å². The summed E-state index contributed by atoms with van der Waals surface area (Å²) in [5.74, 6) is -0.0781. The van der Waals surface area contributed by atoms with Crippen molar-refractivity contribution in [3.8, 4) is 0 Å². The highest BCUT2D eigenvalue weighted by Gasteiger charge is 2.17. The lowest BCUT2D eigenvalue weighted by molar-refractivity contribution is 0.0933. The minimum absolute atomic E-state index is 0.0781. The fourth-order valence-electron chi connectivity index (χ4n) is 2.78. The average molecular weight is 322 g/mol. The van der Waals surface area contributed by atoms with Gasteiger partial charge in [0.1, 0.15) is 0 Å². The highest BCUT2D eigenvalue weighted by atomic mass is 35.5. The van der Waals surface area contributed by atoms with E-state index < -0.39 is 0 Å². The number of nitrogens with two attached hydrogens (primary N) is 1. The molecule has 1 fully saturated rings. The maximum atomic E-state index is 12.4. The van der Waals surface area contributed by atoms with Crippen LogP contribution in [0.25, 0.3) is 0 Å². The Kier molecular flexibility index (Phi) is 7.23. The summed E-state index contributed by atoms with van der Waals surface area (Å²) in [5, 5.41) is 3.59. The molecule has 3 N–H and O–H groups in total. The van der Waals surface area contributed by atoms with Gasteiger partial charge in [0.25, 0.3) is 13.4 Å². The van der Waals surface area contributed by atoms with Gasteiger partial charge < -0.3 is 15.7 Å². The quantitative estimate of drug-likeness (QED) is 0.366. The molecule has 2 rings (SSSR count). The number of rotatable bonds is 6. The van der Waals surface area contributed by atoms with Crippen LogP contribution in [0.4, 0.5) is 0 Å². The molecule has 1 saturated carbocycles. The van der Waals surface area contributed by atoms with Crippen LogP contribution >= 0.6 is 11.6 Å². The first kappa shape index (κ1) is 17.3. The molecule has 0 atom stereocenters. The van der Waals surface area contributed by atoms with E-state index in [1.54, 1.807) is 19.6 Å². The molecule has 0 aromatic heterocycles. The molecule has 1 aromatic rings.